The fourth-order valence-corrected chi connectivity index (χ4v) is 7.60. The van der Waals surface area contributed by atoms with E-state index in [2.05, 4.69) is 0 Å². The third-order valence-corrected chi connectivity index (χ3v) is 11.3. The third-order valence-electron chi connectivity index (χ3n) is 11.3. The van der Waals surface area contributed by atoms with Crippen LogP contribution in [-0.4, -0.2) is 110 Å². The van der Waals surface area contributed by atoms with E-state index >= 15 is 0 Å². The smallest absolute Gasteiger partial charge is 0.457 e. The van der Waals surface area contributed by atoms with Gasteiger partial charge in [0, 0.05) is 25.4 Å². The fraction of sp³-hybridized carbons (Fsp3) is 0.711. The van der Waals surface area contributed by atoms with Crippen LogP contribution in [0.25, 0.3) is 0 Å². The Kier molecular flexibility index (Phi) is 12.7. The molecule has 13 nitrogen and oxygen atoms in total. The standard InChI is InChI=1S/C38H55NO12/c1-12-28-38(8)32(50-36(44)51-38)22(4)30(41)24(6)37(7,45-11)19-27(21(3)29(40)23(5)33(42)48-28)47-35-31(26(39(9)10)18-20(2)46-35)49-34(43)25-16-14-13-15-17-25/h13-17,20-24,26-28,31-32,35H,12,18-19H2,1-11H3/t20-,21-,22+,23-,24+,26+,27+,28-,31-,32-,35+,37-,38+/m1/s1. The number of carbonyl (C=O) groups excluding carboxylic acids is 5. The van der Waals surface area contributed by atoms with E-state index in [4.69, 9.17) is 33.2 Å². The molecule has 0 bridgehead atoms. The Bertz CT molecular complexity index is 1430. The van der Waals surface area contributed by atoms with Crippen LogP contribution in [0.15, 0.2) is 30.3 Å². The number of ether oxygens (including phenoxy) is 7. The Morgan fingerprint density at radius 2 is 1.59 bits per heavy atom. The van der Waals surface area contributed by atoms with Crippen molar-refractivity contribution < 1.29 is 57.1 Å². The molecule has 0 N–H and O–H groups in total. The van der Waals surface area contributed by atoms with Crippen molar-refractivity contribution in [3.8, 4) is 0 Å². The highest BCUT2D eigenvalue weighted by Gasteiger charge is 2.59. The lowest BCUT2D eigenvalue weighted by atomic mass is 9.73. The number of nitrogens with zero attached hydrogens (tertiary/aromatic N) is 1. The Hall–Kier alpha value is -3.39. The molecule has 3 aliphatic rings. The Morgan fingerprint density at radius 1 is 0.941 bits per heavy atom. The summed E-state index contributed by atoms with van der Waals surface area (Å²) in [5.41, 5.74) is -2.36. The van der Waals surface area contributed by atoms with Gasteiger partial charge in [-0.05, 0) is 66.8 Å². The van der Waals surface area contributed by atoms with Gasteiger partial charge in [-0.25, -0.2) is 9.59 Å². The topological polar surface area (TPSA) is 153 Å². The van der Waals surface area contributed by atoms with Gasteiger partial charge in [-0.2, -0.15) is 0 Å². The van der Waals surface area contributed by atoms with E-state index in [0.717, 1.165) is 0 Å². The molecule has 0 amide bonds. The zero-order valence-electron chi connectivity index (χ0n) is 31.7. The Labute approximate surface area is 300 Å². The zero-order chi connectivity index (χ0) is 38.0. The van der Waals surface area contributed by atoms with Gasteiger partial charge in [0.25, 0.3) is 0 Å². The lowest BCUT2D eigenvalue weighted by Crippen LogP contribution is -2.58. The second kappa shape index (κ2) is 16.1. The molecule has 1 aromatic rings. The monoisotopic (exact) mass is 717 g/mol. The van der Waals surface area contributed by atoms with Crippen LogP contribution in [0.2, 0.25) is 0 Å². The molecule has 0 saturated carbocycles. The maximum Gasteiger partial charge on any atom is 0.509 e. The normalized spacial score (nSPS) is 39.7. The van der Waals surface area contributed by atoms with Gasteiger partial charge in [-0.15, -0.1) is 0 Å². The van der Waals surface area contributed by atoms with E-state index in [0.29, 0.717) is 12.0 Å². The highest BCUT2D eigenvalue weighted by atomic mass is 16.8. The lowest BCUT2D eigenvalue weighted by molar-refractivity contribution is -0.277. The minimum absolute atomic E-state index is 0.00777. The number of methoxy groups -OCH3 is 1. The van der Waals surface area contributed by atoms with E-state index in [9.17, 15) is 24.0 Å². The number of Topliss-reactive ketones (excluding diaryl/α,β-unsaturated/α-hetero) is 2. The Morgan fingerprint density at radius 3 is 2.18 bits per heavy atom. The number of benzene rings is 1. The molecule has 13 atom stereocenters. The minimum atomic E-state index is -1.49. The van der Waals surface area contributed by atoms with Gasteiger partial charge in [-0.3, -0.25) is 14.4 Å². The van der Waals surface area contributed by atoms with Gasteiger partial charge in [0.2, 0.25) is 0 Å². The molecule has 3 saturated heterocycles. The molecule has 1 aromatic carbocycles. The predicted octanol–water partition coefficient (Wildman–Crippen LogP) is 4.77. The van der Waals surface area contributed by atoms with Crippen LogP contribution < -0.4 is 0 Å². The number of hydrogen-bond acceptors (Lipinski definition) is 13. The van der Waals surface area contributed by atoms with Crippen molar-refractivity contribution in [2.24, 2.45) is 23.7 Å². The second-order valence-electron chi connectivity index (χ2n) is 14.9. The van der Waals surface area contributed by atoms with Crippen molar-refractivity contribution in [1.82, 2.24) is 4.90 Å². The third kappa shape index (κ3) is 8.32. The summed E-state index contributed by atoms with van der Waals surface area (Å²) in [4.78, 5) is 69.9. The van der Waals surface area contributed by atoms with Gasteiger partial charge < -0.3 is 38.1 Å². The van der Waals surface area contributed by atoms with Gasteiger partial charge in [0.15, 0.2) is 29.9 Å². The largest absolute Gasteiger partial charge is 0.509 e. The molecule has 3 aliphatic heterocycles. The molecule has 3 fully saturated rings. The highest BCUT2D eigenvalue weighted by molar-refractivity contribution is 6.00. The predicted molar refractivity (Wildman–Crippen MR) is 184 cm³/mol. The van der Waals surface area contributed by atoms with Crippen molar-refractivity contribution in [2.45, 2.75) is 129 Å². The molecule has 3 heterocycles. The molecule has 0 aliphatic carbocycles. The number of hydrogen-bond donors (Lipinski definition) is 0. The highest BCUT2D eigenvalue weighted by Crippen LogP contribution is 2.42. The number of likely N-dealkylation sites (N-methyl/N-ethyl adjacent to an activating group) is 1. The van der Waals surface area contributed by atoms with Gasteiger partial charge in [0.1, 0.15) is 17.8 Å². The van der Waals surface area contributed by atoms with E-state index < -0.39 is 89.5 Å². The maximum absolute atomic E-state index is 14.3. The lowest BCUT2D eigenvalue weighted by Gasteiger charge is -2.46. The summed E-state index contributed by atoms with van der Waals surface area (Å²) in [6.45, 7) is 13.4. The number of rotatable bonds is 7. The summed E-state index contributed by atoms with van der Waals surface area (Å²) in [5.74, 6) is -6.00. The first-order chi connectivity index (χ1) is 23.9. The summed E-state index contributed by atoms with van der Waals surface area (Å²) < 4.78 is 42.3. The molecule has 0 unspecified atom stereocenters. The number of carbonyl (C=O) groups is 5. The molecule has 0 aromatic heterocycles. The first-order valence-corrected chi connectivity index (χ1v) is 17.8. The van der Waals surface area contributed by atoms with Crippen LogP contribution in [-0.2, 0) is 47.5 Å². The minimum Gasteiger partial charge on any atom is -0.457 e. The van der Waals surface area contributed by atoms with Crippen LogP contribution in [0.1, 0.15) is 85.0 Å². The Balaban J connectivity index is 1.77. The van der Waals surface area contributed by atoms with Crippen LogP contribution in [0.3, 0.4) is 0 Å². The first-order valence-electron chi connectivity index (χ1n) is 17.8. The number of esters is 2. The van der Waals surface area contributed by atoms with Crippen molar-refractivity contribution in [1.29, 1.82) is 0 Å². The van der Waals surface area contributed by atoms with Gasteiger partial charge in [0.05, 0.1) is 35.3 Å². The van der Waals surface area contributed by atoms with Crippen LogP contribution >= 0.6 is 0 Å². The molecule has 4 rings (SSSR count). The molecule has 0 radical (unpaired) electrons. The van der Waals surface area contributed by atoms with Crippen molar-refractivity contribution in [3.05, 3.63) is 35.9 Å². The number of ketones is 2. The second-order valence-corrected chi connectivity index (χ2v) is 14.9. The van der Waals surface area contributed by atoms with Gasteiger partial charge >= 0.3 is 18.1 Å². The number of fused-ring (bicyclic) bond motifs is 1. The van der Waals surface area contributed by atoms with E-state index in [-0.39, 0.29) is 30.8 Å². The molecular formula is C38H55NO12. The van der Waals surface area contributed by atoms with Crippen molar-refractivity contribution >= 4 is 29.7 Å². The summed E-state index contributed by atoms with van der Waals surface area (Å²) >= 11 is 0. The summed E-state index contributed by atoms with van der Waals surface area (Å²) in [7, 11) is 5.23. The van der Waals surface area contributed by atoms with Crippen LogP contribution in [0.5, 0.6) is 0 Å². The summed E-state index contributed by atoms with van der Waals surface area (Å²) in [6.07, 6.45) is -5.63. The molecule has 51 heavy (non-hydrogen) atoms. The van der Waals surface area contributed by atoms with Crippen LogP contribution in [0, 0.1) is 23.7 Å². The average Bonchev–Trinajstić information content (AvgIpc) is 3.42. The molecule has 284 valence electrons. The van der Waals surface area contributed by atoms with Crippen molar-refractivity contribution in [3.63, 3.8) is 0 Å². The van der Waals surface area contributed by atoms with Crippen molar-refractivity contribution in [2.75, 3.05) is 21.2 Å². The maximum atomic E-state index is 14.3. The first kappa shape index (κ1) is 40.4. The molecule has 0 spiro atoms. The van der Waals surface area contributed by atoms with E-state index in [1.807, 2.05) is 25.9 Å². The summed E-state index contributed by atoms with van der Waals surface area (Å²) in [5, 5.41) is 0. The van der Waals surface area contributed by atoms with E-state index in [1.165, 1.54) is 14.0 Å². The number of cyclic esters (lactones) is 1. The van der Waals surface area contributed by atoms with E-state index in [1.54, 1.807) is 71.9 Å². The summed E-state index contributed by atoms with van der Waals surface area (Å²) in [6, 6.07) is 8.28. The molecular weight excluding hydrogens is 662 g/mol. The SMILES string of the molecule is CC[C@H]1OC(=O)[C@H](C)C(=O)[C@H](C)[C@@H](O[C@@H]2O[C@H](C)C[C@H](N(C)C)[C@H]2OC(=O)c2ccccc2)C[C@@](C)(OC)[C@@H](C)C(=O)[C@H](C)[C@H]2OC(=O)O[C@]21C. The average molecular weight is 718 g/mol. The van der Waals surface area contributed by atoms with Gasteiger partial charge in [-0.1, -0.05) is 45.9 Å². The molecule has 13 heteroatoms. The quantitative estimate of drug-likeness (QED) is 0.216. The fourth-order valence-electron chi connectivity index (χ4n) is 7.60. The zero-order valence-corrected chi connectivity index (χ0v) is 31.7. The van der Waals surface area contributed by atoms with Crippen LogP contribution in [0.4, 0.5) is 4.79 Å².